The van der Waals surface area contributed by atoms with Crippen molar-refractivity contribution in [3.8, 4) is 0 Å². The van der Waals surface area contributed by atoms with Gasteiger partial charge in [-0.05, 0) is 6.92 Å². The average Bonchev–Trinajstić information content (AvgIpc) is 1.58. The van der Waals surface area contributed by atoms with Gasteiger partial charge in [-0.1, -0.05) is 0 Å². The van der Waals surface area contributed by atoms with Gasteiger partial charge in [0, 0.05) is 44.8 Å². The van der Waals surface area contributed by atoms with Gasteiger partial charge < -0.3 is 9.84 Å². The van der Waals surface area contributed by atoms with Gasteiger partial charge in [-0.2, -0.15) is 0 Å². The smallest absolute Gasteiger partial charge is 0.449 e. The quantitative estimate of drug-likeness (QED) is 0.431. The molecule has 12 heavy (non-hydrogen) atoms. The van der Waals surface area contributed by atoms with E-state index in [9.17, 15) is 14.4 Å². The summed E-state index contributed by atoms with van der Waals surface area (Å²) in [5.41, 5.74) is 0. The van der Waals surface area contributed by atoms with Crippen LogP contribution in [0.25, 0.3) is 0 Å². The summed E-state index contributed by atoms with van der Waals surface area (Å²) in [7, 11) is 0. The van der Waals surface area contributed by atoms with Crippen molar-refractivity contribution in [3.63, 3.8) is 0 Å². The first-order chi connectivity index (χ1) is 4.52. The van der Waals surface area contributed by atoms with Gasteiger partial charge in [0.15, 0.2) is 0 Å². The molecule has 0 aliphatic carbocycles. The third-order valence-corrected chi connectivity index (χ3v) is 0.594. The van der Waals surface area contributed by atoms with Crippen LogP contribution in [-0.2, 0) is 59.1 Å². The fourth-order valence-corrected chi connectivity index (χ4v) is 0.337. The Bertz CT molecular complexity index is 161. The third-order valence-electron chi connectivity index (χ3n) is 0.594. The van der Waals surface area contributed by atoms with E-state index in [-0.39, 0.29) is 44.8 Å². The molecule has 0 saturated carbocycles. The van der Waals surface area contributed by atoms with Crippen molar-refractivity contribution in [2.24, 2.45) is 0 Å². The Balaban J connectivity index is -0.000000405. The van der Waals surface area contributed by atoms with Crippen molar-refractivity contribution in [2.75, 3.05) is 0 Å². The van der Waals surface area contributed by atoms with Gasteiger partial charge in [-0.15, -0.1) is 0 Å². The van der Waals surface area contributed by atoms with E-state index < -0.39 is 24.3 Å². The summed E-state index contributed by atoms with van der Waals surface area (Å²) in [6.07, 6.45) is -2.18. The topological polar surface area (TPSA) is 80.7 Å². The second kappa shape index (κ2) is 9.18. The molecule has 0 bridgehead atoms. The van der Waals surface area contributed by atoms with Crippen LogP contribution < -0.4 is 0 Å². The Morgan fingerprint density at radius 2 is 1.67 bits per heavy atom. The van der Waals surface area contributed by atoms with Crippen LogP contribution >= 0.6 is 0 Å². The maximum atomic E-state index is 10.2. The van der Waals surface area contributed by atoms with Crippen LogP contribution in [0.3, 0.4) is 0 Å². The van der Waals surface area contributed by atoms with Crippen LogP contribution in [0.4, 0.5) is 4.79 Å². The summed E-state index contributed by atoms with van der Waals surface area (Å²) < 4.78 is 3.62. The van der Waals surface area contributed by atoms with Crippen LogP contribution in [0, 0.1) is 0 Å². The minimum absolute atomic E-state index is 0. The maximum Gasteiger partial charge on any atom is 0.513 e. The number of hydrogen-bond acceptors (Lipinski definition) is 4. The van der Waals surface area contributed by atoms with Gasteiger partial charge in [-0.25, -0.2) is 4.79 Å². The van der Waals surface area contributed by atoms with Gasteiger partial charge in [0.05, 0.1) is 0 Å². The molecule has 0 unspecified atom stereocenters. The largest absolute Gasteiger partial charge is 0.513 e. The molecule has 0 amide bonds. The fourth-order valence-electron chi connectivity index (χ4n) is 0.337. The molecule has 0 aromatic carbocycles. The summed E-state index contributed by atoms with van der Waals surface area (Å²) in [5, 5.41) is 7.84. The predicted octanol–water partition coefficient (Wildman–Crippen LogP) is 0.182. The van der Waals surface area contributed by atoms with E-state index in [2.05, 4.69) is 4.74 Å². The molecule has 0 atom stereocenters. The van der Waals surface area contributed by atoms with E-state index in [1.54, 1.807) is 0 Å². The summed E-state index contributed by atoms with van der Waals surface area (Å²) in [5.74, 6) is -1.47. The van der Waals surface area contributed by atoms with Crippen molar-refractivity contribution in [1.82, 2.24) is 0 Å². The average molecular weight is 362 g/mol. The first-order valence-corrected chi connectivity index (χ1v) is 2.45. The zero-order chi connectivity index (χ0) is 8.15. The second-order valence-corrected chi connectivity index (χ2v) is 1.62. The molecule has 0 saturated heterocycles. The van der Waals surface area contributed by atoms with Crippen LogP contribution in [0.1, 0.15) is 13.3 Å². The number of hydrogen-bond donors (Lipinski definition) is 1. The fraction of sp³-hybridized carbons (Fsp3) is 0.400. The van der Waals surface area contributed by atoms with E-state index in [0.717, 1.165) is 0 Å². The van der Waals surface area contributed by atoms with Crippen molar-refractivity contribution >= 4 is 17.9 Å². The van der Waals surface area contributed by atoms with E-state index in [0.29, 0.717) is 0 Å². The molecule has 78 valence electrons. The Hall–Kier alpha value is 0.0905. The van der Waals surface area contributed by atoms with E-state index >= 15 is 0 Å². The van der Waals surface area contributed by atoms with Crippen LogP contribution in [0.5, 0.6) is 0 Å². The molecular formula is C5H6Ag2O5. The molecule has 0 rings (SSSR count). The van der Waals surface area contributed by atoms with Gasteiger partial charge in [0.1, 0.15) is 12.2 Å². The Kier molecular flexibility index (Phi) is 13.8. The first-order valence-electron chi connectivity index (χ1n) is 2.45. The van der Waals surface area contributed by atoms with E-state index in [4.69, 9.17) is 5.11 Å². The van der Waals surface area contributed by atoms with Crippen molar-refractivity contribution in [3.05, 3.63) is 0 Å². The number of carboxylic acid groups (broad SMARTS) is 1. The number of carbonyl (C=O) groups is 3. The standard InChI is InChI=1S/C5H6O5.2Ag/c1-3(6)2-4(7)10-5(8)9;;/h2H2,1H3,(H,8,9);;. The molecule has 1 N–H and O–H groups in total. The van der Waals surface area contributed by atoms with Crippen LogP contribution in [-0.4, -0.2) is 23.0 Å². The number of rotatable bonds is 2. The summed E-state index contributed by atoms with van der Waals surface area (Å²) >= 11 is 0. The number of carbonyl (C=O) groups excluding carboxylic acids is 2. The number of esters is 1. The number of ketones is 1. The molecule has 0 aliphatic heterocycles. The second-order valence-electron chi connectivity index (χ2n) is 1.62. The molecule has 7 heteroatoms. The molecule has 0 fully saturated rings. The summed E-state index contributed by atoms with van der Waals surface area (Å²) in [4.78, 5) is 30.0. The number of Topliss-reactive ketones (excluding diaryl/α,β-unsaturated/α-hetero) is 1. The third kappa shape index (κ3) is 12.7. The minimum Gasteiger partial charge on any atom is -0.449 e. The van der Waals surface area contributed by atoms with Gasteiger partial charge in [-0.3, -0.25) is 9.59 Å². The van der Waals surface area contributed by atoms with Crippen molar-refractivity contribution in [1.29, 1.82) is 0 Å². The first kappa shape index (κ1) is 18.0. The summed E-state index contributed by atoms with van der Waals surface area (Å²) in [6.45, 7) is 1.17. The maximum absolute atomic E-state index is 10.2. The molecule has 5 nitrogen and oxygen atoms in total. The minimum atomic E-state index is -1.69. The molecule has 0 aromatic rings. The molecular weight excluding hydrogens is 356 g/mol. The van der Waals surface area contributed by atoms with Gasteiger partial charge in [0.2, 0.25) is 0 Å². The Morgan fingerprint density at radius 3 is 1.92 bits per heavy atom. The van der Waals surface area contributed by atoms with Crippen molar-refractivity contribution < 1.29 is 69.0 Å². The Morgan fingerprint density at radius 1 is 1.25 bits per heavy atom. The zero-order valence-electron chi connectivity index (χ0n) is 5.89. The molecule has 2 radical (unpaired) electrons. The molecule has 0 heterocycles. The van der Waals surface area contributed by atoms with Gasteiger partial charge in [0.25, 0.3) is 0 Å². The molecule has 0 aromatic heterocycles. The SMILES string of the molecule is CC(=O)CC(=O)OC(=O)O.[Ag].[Ag]. The monoisotopic (exact) mass is 360 g/mol. The van der Waals surface area contributed by atoms with Crippen LogP contribution in [0.2, 0.25) is 0 Å². The van der Waals surface area contributed by atoms with E-state index in [1.165, 1.54) is 6.92 Å². The number of ether oxygens (including phenoxy) is 1. The normalized spacial score (nSPS) is 7.08. The van der Waals surface area contributed by atoms with E-state index in [1.807, 2.05) is 0 Å². The zero-order valence-corrected chi connectivity index (χ0v) is 8.85. The van der Waals surface area contributed by atoms with Gasteiger partial charge >= 0.3 is 12.1 Å². The summed E-state index contributed by atoms with van der Waals surface area (Å²) in [6, 6.07) is 0. The van der Waals surface area contributed by atoms with Crippen molar-refractivity contribution in [2.45, 2.75) is 13.3 Å². The molecule has 0 spiro atoms. The Labute approximate surface area is 99.9 Å². The predicted molar refractivity (Wildman–Crippen MR) is 29.4 cm³/mol. The van der Waals surface area contributed by atoms with Crippen LogP contribution in [0.15, 0.2) is 0 Å². The molecule has 0 aliphatic rings.